The molecule has 90 valence electrons. The molecule has 2 N–H and O–H groups in total. The van der Waals surface area contributed by atoms with Gasteiger partial charge >= 0.3 is 5.97 Å². The normalized spacial score (nSPS) is 14.2. The molecule has 1 amide bonds. The number of carboxylic acids is 1. The smallest absolute Gasteiger partial charge is 0.305 e. The quantitative estimate of drug-likeness (QED) is 0.859. The van der Waals surface area contributed by atoms with Crippen molar-refractivity contribution in [3.63, 3.8) is 0 Å². The summed E-state index contributed by atoms with van der Waals surface area (Å²) in [5.41, 5.74) is 1.43. The van der Waals surface area contributed by atoms with Gasteiger partial charge < -0.3 is 15.3 Å². The van der Waals surface area contributed by atoms with E-state index in [0.29, 0.717) is 10.7 Å². The molecule has 6 heteroatoms. The molecule has 2 rings (SSSR count). The third-order valence-corrected chi connectivity index (χ3v) is 2.77. The first-order chi connectivity index (χ1) is 8.08. The number of rotatable bonds is 3. The monoisotopic (exact) mass is 254 g/mol. The third kappa shape index (κ3) is 2.50. The molecule has 0 aliphatic carbocycles. The van der Waals surface area contributed by atoms with Crippen molar-refractivity contribution in [2.24, 2.45) is 0 Å². The van der Waals surface area contributed by atoms with Crippen molar-refractivity contribution in [2.45, 2.75) is 6.42 Å². The Labute approximate surface area is 103 Å². The minimum absolute atomic E-state index is 0.0856. The summed E-state index contributed by atoms with van der Waals surface area (Å²) in [6, 6.07) is 5.15. The van der Waals surface area contributed by atoms with Gasteiger partial charge in [0.1, 0.15) is 0 Å². The van der Waals surface area contributed by atoms with E-state index in [0.717, 1.165) is 5.69 Å². The second-order valence-electron chi connectivity index (χ2n) is 3.70. The van der Waals surface area contributed by atoms with Crippen molar-refractivity contribution < 1.29 is 14.7 Å². The molecular weight excluding hydrogens is 244 g/mol. The minimum Gasteiger partial charge on any atom is -0.481 e. The van der Waals surface area contributed by atoms with Crippen molar-refractivity contribution in [2.75, 3.05) is 23.3 Å². The van der Waals surface area contributed by atoms with Crippen LogP contribution in [-0.2, 0) is 9.59 Å². The van der Waals surface area contributed by atoms with E-state index < -0.39 is 5.97 Å². The number of anilines is 2. The Morgan fingerprint density at radius 1 is 1.53 bits per heavy atom. The maximum absolute atomic E-state index is 11.7. The van der Waals surface area contributed by atoms with E-state index in [-0.39, 0.29) is 25.4 Å². The van der Waals surface area contributed by atoms with Crippen LogP contribution in [-0.4, -0.2) is 30.1 Å². The number of halogens is 1. The molecule has 5 nitrogen and oxygen atoms in total. The second-order valence-corrected chi connectivity index (χ2v) is 4.14. The Bertz CT molecular complexity index is 476. The number of amides is 1. The summed E-state index contributed by atoms with van der Waals surface area (Å²) in [7, 11) is 0. The maximum atomic E-state index is 11.7. The molecule has 1 aliphatic rings. The summed E-state index contributed by atoms with van der Waals surface area (Å²) in [5, 5.41) is 12.1. The van der Waals surface area contributed by atoms with E-state index in [9.17, 15) is 9.59 Å². The molecule has 1 aromatic rings. The highest BCUT2D eigenvalue weighted by atomic mass is 35.5. The molecule has 17 heavy (non-hydrogen) atoms. The summed E-state index contributed by atoms with van der Waals surface area (Å²) in [6.07, 6.45) is -0.0856. The van der Waals surface area contributed by atoms with Gasteiger partial charge in [0.25, 0.3) is 0 Å². The molecule has 0 bridgehead atoms. The van der Waals surface area contributed by atoms with Gasteiger partial charge in [-0.05, 0) is 18.2 Å². The average molecular weight is 255 g/mol. The molecule has 0 radical (unpaired) electrons. The van der Waals surface area contributed by atoms with Crippen LogP contribution in [0, 0.1) is 0 Å². The van der Waals surface area contributed by atoms with Crippen LogP contribution in [0.25, 0.3) is 0 Å². The second kappa shape index (κ2) is 4.63. The van der Waals surface area contributed by atoms with Crippen molar-refractivity contribution in [1.82, 2.24) is 0 Å². The van der Waals surface area contributed by atoms with Crippen molar-refractivity contribution in [3.8, 4) is 0 Å². The van der Waals surface area contributed by atoms with Crippen LogP contribution < -0.4 is 10.2 Å². The highest BCUT2D eigenvalue weighted by molar-refractivity contribution is 6.31. The number of nitrogens with one attached hydrogen (secondary N) is 1. The predicted molar refractivity (Wildman–Crippen MR) is 64.5 cm³/mol. The lowest BCUT2D eigenvalue weighted by molar-refractivity contribution is -0.136. The topological polar surface area (TPSA) is 69.6 Å². The summed E-state index contributed by atoms with van der Waals surface area (Å²) in [6.45, 7) is 0.331. The van der Waals surface area contributed by atoms with Gasteiger partial charge in [0, 0.05) is 11.6 Å². The zero-order valence-electron chi connectivity index (χ0n) is 8.94. The molecule has 0 unspecified atom stereocenters. The highest BCUT2D eigenvalue weighted by Gasteiger charge is 2.24. The van der Waals surface area contributed by atoms with Crippen molar-refractivity contribution >= 4 is 34.9 Å². The van der Waals surface area contributed by atoms with Gasteiger partial charge in [0.05, 0.1) is 24.3 Å². The summed E-state index contributed by atoms with van der Waals surface area (Å²) >= 11 is 5.87. The lowest BCUT2D eigenvalue weighted by atomic mass is 10.2. The number of carbonyl (C=O) groups is 2. The largest absolute Gasteiger partial charge is 0.481 e. The molecule has 0 saturated heterocycles. The van der Waals surface area contributed by atoms with Crippen LogP contribution in [0.3, 0.4) is 0 Å². The maximum Gasteiger partial charge on any atom is 0.305 e. The van der Waals surface area contributed by atoms with Crippen LogP contribution in [0.2, 0.25) is 5.02 Å². The van der Waals surface area contributed by atoms with Gasteiger partial charge in [-0.3, -0.25) is 9.59 Å². The molecule has 0 aromatic heterocycles. The molecule has 0 fully saturated rings. The standard InChI is InChI=1S/C11H11ClN2O3/c12-7-1-2-8-9(5-7)14(4-3-11(16)17)10(15)6-13-8/h1-2,5,13H,3-4,6H2,(H,16,17). The molecule has 1 aromatic carbocycles. The zero-order chi connectivity index (χ0) is 12.4. The van der Waals surface area contributed by atoms with Gasteiger partial charge in [-0.2, -0.15) is 0 Å². The Morgan fingerprint density at radius 2 is 2.29 bits per heavy atom. The van der Waals surface area contributed by atoms with Crippen LogP contribution in [0.1, 0.15) is 6.42 Å². The van der Waals surface area contributed by atoms with Gasteiger partial charge in [-0.25, -0.2) is 0 Å². The first-order valence-corrected chi connectivity index (χ1v) is 5.51. The van der Waals surface area contributed by atoms with Gasteiger partial charge in [0.15, 0.2) is 0 Å². The molecule has 0 spiro atoms. The van der Waals surface area contributed by atoms with Crippen LogP contribution >= 0.6 is 11.6 Å². The Morgan fingerprint density at radius 3 is 3.00 bits per heavy atom. The number of hydrogen-bond donors (Lipinski definition) is 2. The van der Waals surface area contributed by atoms with Crippen molar-refractivity contribution in [1.29, 1.82) is 0 Å². The number of nitrogens with zero attached hydrogens (tertiary/aromatic N) is 1. The van der Waals surface area contributed by atoms with E-state index in [1.54, 1.807) is 18.2 Å². The number of hydrogen-bond acceptors (Lipinski definition) is 3. The lowest BCUT2D eigenvalue weighted by Gasteiger charge is -2.29. The van der Waals surface area contributed by atoms with Crippen molar-refractivity contribution in [3.05, 3.63) is 23.2 Å². The zero-order valence-corrected chi connectivity index (χ0v) is 9.70. The van der Waals surface area contributed by atoms with E-state index in [1.807, 2.05) is 0 Å². The molecule has 0 saturated carbocycles. The lowest BCUT2D eigenvalue weighted by Crippen LogP contribution is -2.41. The van der Waals surface area contributed by atoms with Crippen LogP contribution in [0.4, 0.5) is 11.4 Å². The fourth-order valence-electron chi connectivity index (χ4n) is 1.73. The minimum atomic E-state index is -0.931. The average Bonchev–Trinajstić information content (AvgIpc) is 2.27. The number of benzene rings is 1. The number of fused-ring (bicyclic) bond motifs is 1. The Kier molecular flexibility index (Phi) is 3.19. The van der Waals surface area contributed by atoms with Gasteiger partial charge in [0.2, 0.25) is 5.91 Å². The number of aliphatic carboxylic acids is 1. The molecule has 1 aliphatic heterocycles. The summed E-state index contributed by atoms with van der Waals surface area (Å²) in [4.78, 5) is 23.7. The summed E-state index contributed by atoms with van der Waals surface area (Å²) in [5.74, 6) is -1.08. The van der Waals surface area contributed by atoms with E-state index in [2.05, 4.69) is 5.32 Å². The van der Waals surface area contributed by atoms with E-state index in [4.69, 9.17) is 16.7 Å². The van der Waals surface area contributed by atoms with E-state index >= 15 is 0 Å². The number of carboxylic acid groups (broad SMARTS) is 1. The molecular formula is C11H11ClN2O3. The highest BCUT2D eigenvalue weighted by Crippen LogP contribution is 2.32. The van der Waals surface area contributed by atoms with Gasteiger partial charge in [-0.15, -0.1) is 0 Å². The van der Waals surface area contributed by atoms with Crippen LogP contribution in [0.15, 0.2) is 18.2 Å². The van der Waals surface area contributed by atoms with E-state index in [1.165, 1.54) is 4.90 Å². The first kappa shape index (κ1) is 11.7. The first-order valence-electron chi connectivity index (χ1n) is 5.13. The summed E-state index contributed by atoms with van der Waals surface area (Å²) < 4.78 is 0. The van der Waals surface area contributed by atoms with Gasteiger partial charge in [-0.1, -0.05) is 11.6 Å². The SMILES string of the molecule is O=C(O)CCN1C(=O)CNc2ccc(Cl)cc21. The molecule has 0 atom stereocenters. The Balaban J connectivity index is 2.28. The predicted octanol–water partition coefficient (Wildman–Crippen LogP) is 1.57. The fourth-order valence-corrected chi connectivity index (χ4v) is 1.90. The van der Waals surface area contributed by atoms with Crippen LogP contribution in [0.5, 0.6) is 0 Å². The fraction of sp³-hybridized carbons (Fsp3) is 0.273. The third-order valence-electron chi connectivity index (χ3n) is 2.53. The molecule has 1 heterocycles. The number of carbonyl (C=O) groups excluding carboxylic acids is 1. The Hall–Kier alpha value is -1.75.